The van der Waals surface area contributed by atoms with Crippen LogP contribution in [0.3, 0.4) is 0 Å². The van der Waals surface area contributed by atoms with Crippen molar-refractivity contribution in [3.8, 4) is 0 Å². The molecule has 1 rings (SSSR count). The van der Waals surface area contributed by atoms with Gasteiger partial charge in [-0.25, -0.2) is 0 Å². The van der Waals surface area contributed by atoms with Gasteiger partial charge in [0.05, 0.1) is 0 Å². The van der Waals surface area contributed by atoms with E-state index in [1.54, 1.807) is 0 Å². The molecule has 90 valence electrons. The number of hydrogen-bond acceptors (Lipinski definition) is 1. The van der Waals surface area contributed by atoms with Crippen LogP contribution >= 0.6 is 0 Å². The zero-order valence-electron chi connectivity index (χ0n) is 11.3. The summed E-state index contributed by atoms with van der Waals surface area (Å²) < 4.78 is 0. The quantitative estimate of drug-likeness (QED) is 0.726. The van der Waals surface area contributed by atoms with Crippen molar-refractivity contribution in [1.29, 1.82) is 0 Å². The fraction of sp³-hybridized carbons (Fsp3) is 0.600. The van der Waals surface area contributed by atoms with Crippen molar-refractivity contribution in [3.63, 3.8) is 0 Å². The molecule has 0 heterocycles. The summed E-state index contributed by atoms with van der Waals surface area (Å²) in [5, 5.41) is 0. The first-order chi connectivity index (χ1) is 7.56. The van der Waals surface area contributed by atoms with E-state index in [1.807, 2.05) is 0 Å². The molecule has 0 bridgehead atoms. The Labute approximate surface area is 100 Å². The van der Waals surface area contributed by atoms with E-state index in [1.165, 1.54) is 11.1 Å². The van der Waals surface area contributed by atoms with Crippen molar-refractivity contribution in [3.05, 3.63) is 35.4 Å². The lowest BCUT2D eigenvalue weighted by Gasteiger charge is -2.31. The lowest BCUT2D eigenvalue weighted by atomic mass is 10.0. The maximum atomic E-state index is 2.54. The van der Waals surface area contributed by atoms with Crippen molar-refractivity contribution < 1.29 is 0 Å². The smallest absolute Gasteiger partial charge is 0.0241 e. The molecule has 0 aliphatic rings. The molecule has 16 heavy (non-hydrogen) atoms. The minimum absolute atomic E-state index is 0.602. The Morgan fingerprint density at radius 1 is 0.938 bits per heavy atom. The molecule has 0 aromatic heterocycles. The summed E-state index contributed by atoms with van der Waals surface area (Å²) >= 11 is 0. The first-order valence-corrected chi connectivity index (χ1v) is 6.38. The third-order valence-electron chi connectivity index (χ3n) is 3.18. The maximum Gasteiger partial charge on any atom is 0.0241 e. The SMILES string of the molecule is CCc1ccccc1CN(C(C)C)C(C)C. The minimum atomic E-state index is 0.602. The molecule has 0 spiro atoms. The van der Waals surface area contributed by atoms with Crippen LogP contribution in [-0.2, 0) is 13.0 Å². The van der Waals surface area contributed by atoms with Crippen LogP contribution in [0.4, 0.5) is 0 Å². The van der Waals surface area contributed by atoms with Gasteiger partial charge in [-0.15, -0.1) is 0 Å². The van der Waals surface area contributed by atoms with Gasteiger partial charge in [0.25, 0.3) is 0 Å². The molecule has 1 heteroatoms. The Kier molecular flexibility index (Phi) is 5.01. The molecule has 1 nitrogen and oxygen atoms in total. The molecule has 0 aliphatic carbocycles. The molecular formula is C15H25N. The molecule has 0 saturated heterocycles. The summed E-state index contributed by atoms with van der Waals surface area (Å²) in [7, 11) is 0. The second kappa shape index (κ2) is 6.05. The average Bonchev–Trinajstić information content (AvgIpc) is 2.25. The van der Waals surface area contributed by atoms with Crippen molar-refractivity contribution >= 4 is 0 Å². The van der Waals surface area contributed by atoms with E-state index >= 15 is 0 Å². The Morgan fingerprint density at radius 3 is 1.88 bits per heavy atom. The van der Waals surface area contributed by atoms with Crippen LogP contribution in [-0.4, -0.2) is 17.0 Å². The molecule has 0 fully saturated rings. The van der Waals surface area contributed by atoms with Crippen molar-refractivity contribution in [2.24, 2.45) is 0 Å². The molecule has 0 atom stereocenters. The average molecular weight is 219 g/mol. The van der Waals surface area contributed by atoms with Gasteiger partial charge in [-0.1, -0.05) is 31.2 Å². The third-order valence-corrected chi connectivity index (χ3v) is 3.18. The molecule has 0 radical (unpaired) electrons. The topological polar surface area (TPSA) is 3.24 Å². The van der Waals surface area contributed by atoms with E-state index in [0.717, 1.165) is 13.0 Å². The van der Waals surface area contributed by atoms with Crippen molar-refractivity contribution in [2.75, 3.05) is 0 Å². The predicted molar refractivity (Wildman–Crippen MR) is 71.6 cm³/mol. The number of aryl methyl sites for hydroxylation is 1. The van der Waals surface area contributed by atoms with Gasteiger partial charge in [0.2, 0.25) is 0 Å². The number of hydrogen-bond donors (Lipinski definition) is 0. The van der Waals surface area contributed by atoms with Gasteiger partial charge in [0, 0.05) is 18.6 Å². The van der Waals surface area contributed by atoms with Crippen LogP contribution in [0.25, 0.3) is 0 Å². The van der Waals surface area contributed by atoms with Gasteiger partial charge >= 0.3 is 0 Å². The zero-order chi connectivity index (χ0) is 12.1. The first-order valence-electron chi connectivity index (χ1n) is 6.38. The van der Waals surface area contributed by atoms with Crippen LogP contribution < -0.4 is 0 Å². The van der Waals surface area contributed by atoms with Crippen molar-refractivity contribution in [1.82, 2.24) is 4.90 Å². The summed E-state index contributed by atoms with van der Waals surface area (Å²) in [6, 6.07) is 9.99. The van der Waals surface area contributed by atoms with Gasteiger partial charge in [0.1, 0.15) is 0 Å². The minimum Gasteiger partial charge on any atom is -0.294 e. The Bertz CT molecular complexity index is 307. The maximum absolute atomic E-state index is 2.54. The molecule has 0 unspecified atom stereocenters. The highest BCUT2D eigenvalue weighted by Gasteiger charge is 2.14. The summed E-state index contributed by atoms with van der Waals surface area (Å²) in [5.74, 6) is 0. The lowest BCUT2D eigenvalue weighted by Crippen LogP contribution is -2.36. The molecule has 0 aliphatic heterocycles. The number of nitrogens with zero attached hydrogens (tertiary/aromatic N) is 1. The van der Waals surface area contributed by atoms with Crippen LogP contribution in [0.1, 0.15) is 45.7 Å². The van der Waals surface area contributed by atoms with E-state index in [2.05, 4.69) is 63.8 Å². The highest BCUT2D eigenvalue weighted by atomic mass is 15.2. The van der Waals surface area contributed by atoms with Gasteiger partial charge in [-0.05, 0) is 45.2 Å². The summed E-state index contributed by atoms with van der Waals surface area (Å²) in [6.45, 7) is 12.4. The van der Waals surface area contributed by atoms with E-state index in [0.29, 0.717) is 12.1 Å². The second-order valence-corrected chi connectivity index (χ2v) is 4.98. The van der Waals surface area contributed by atoms with Gasteiger partial charge in [-0.2, -0.15) is 0 Å². The summed E-state index contributed by atoms with van der Waals surface area (Å²) in [5.41, 5.74) is 2.96. The summed E-state index contributed by atoms with van der Waals surface area (Å²) in [4.78, 5) is 2.54. The molecular weight excluding hydrogens is 194 g/mol. The first kappa shape index (κ1) is 13.2. The largest absolute Gasteiger partial charge is 0.294 e. The Hall–Kier alpha value is -0.820. The van der Waals surface area contributed by atoms with Gasteiger partial charge < -0.3 is 0 Å². The fourth-order valence-corrected chi connectivity index (χ4v) is 2.21. The van der Waals surface area contributed by atoms with Crippen LogP contribution in [0, 0.1) is 0 Å². The van der Waals surface area contributed by atoms with Gasteiger partial charge in [-0.3, -0.25) is 4.90 Å². The number of rotatable bonds is 5. The monoisotopic (exact) mass is 219 g/mol. The second-order valence-electron chi connectivity index (χ2n) is 4.98. The van der Waals surface area contributed by atoms with E-state index < -0.39 is 0 Å². The standard InChI is InChI=1S/C15H25N/c1-6-14-9-7-8-10-15(14)11-16(12(2)3)13(4)5/h7-10,12-13H,6,11H2,1-5H3. The molecule has 1 aromatic carbocycles. The summed E-state index contributed by atoms with van der Waals surface area (Å²) in [6.07, 6.45) is 1.13. The predicted octanol–water partition coefficient (Wildman–Crippen LogP) is 3.87. The highest BCUT2D eigenvalue weighted by molar-refractivity contribution is 5.27. The molecule has 0 saturated carbocycles. The Balaban J connectivity index is 2.85. The molecule has 1 aromatic rings. The van der Waals surface area contributed by atoms with E-state index in [4.69, 9.17) is 0 Å². The normalized spacial score (nSPS) is 11.8. The van der Waals surface area contributed by atoms with E-state index in [-0.39, 0.29) is 0 Å². The van der Waals surface area contributed by atoms with E-state index in [9.17, 15) is 0 Å². The number of benzene rings is 1. The fourth-order valence-electron chi connectivity index (χ4n) is 2.21. The zero-order valence-corrected chi connectivity index (χ0v) is 11.3. The van der Waals surface area contributed by atoms with Crippen LogP contribution in [0.5, 0.6) is 0 Å². The molecule has 0 amide bonds. The highest BCUT2D eigenvalue weighted by Crippen LogP contribution is 2.16. The third kappa shape index (κ3) is 3.34. The van der Waals surface area contributed by atoms with Crippen molar-refractivity contribution in [2.45, 2.75) is 59.7 Å². The van der Waals surface area contributed by atoms with Crippen LogP contribution in [0.2, 0.25) is 0 Å². The lowest BCUT2D eigenvalue weighted by molar-refractivity contribution is 0.165. The molecule has 0 N–H and O–H groups in total. The van der Waals surface area contributed by atoms with Gasteiger partial charge in [0.15, 0.2) is 0 Å². The van der Waals surface area contributed by atoms with Crippen LogP contribution in [0.15, 0.2) is 24.3 Å². The Morgan fingerprint density at radius 2 is 1.44 bits per heavy atom.